The van der Waals surface area contributed by atoms with Crippen molar-refractivity contribution < 1.29 is 9.53 Å². The van der Waals surface area contributed by atoms with Gasteiger partial charge in [-0.25, -0.2) is 0 Å². The Bertz CT molecular complexity index is 1320. The molecule has 1 aromatic heterocycles. The number of rotatable bonds is 4. The van der Waals surface area contributed by atoms with Gasteiger partial charge < -0.3 is 14.2 Å². The number of hydrogen-bond acceptors (Lipinski definition) is 2. The molecule has 0 N–H and O–H groups in total. The first-order chi connectivity index (χ1) is 16.0. The third kappa shape index (κ3) is 4.03. The second-order valence-corrected chi connectivity index (χ2v) is 8.75. The molecule has 1 aliphatic rings. The number of halogens is 1. The molecular weight excluding hydrogens is 432 g/mol. The van der Waals surface area contributed by atoms with Crippen LogP contribution in [0.3, 0.4) is 0 Å². The minimum atomic E-state index is 0.0545. The topological polar surface area (TPSA) is 34.5 Å². The Balaban J connectivity index is 1.60. The van der Waals surface area contributed by atoms with Gasteiger partial charge in [0, 0.05) is 35.6 Å². The van der Waals surface area contributed by atoms with Crippen LogP contribution in [0.2, 0.25) is 5.02 Å². The van der Waals surface area contributed by atoms with Gasteiger partial charge in [-0.1, -0.05) is 54.1 Å². The van der Waals surface area contributed by atoms with E-state index in [9.17, 15) is 4.79 Å². The van der Waals surface area contributed by atoms with E-state index in [1.807, 2.05) is 72.5 Å². The van der Waals surface area contributed by atoms with Crippen LogP contribution in [0.25, 0.3) is 16.9 Å². The number of hydrogen-bond donors (Lipinski definition) is 0. The highest BCUT2D eigenvalue weighted by Gasteiger charge is 2.26. The smallest absolute Gasteiger partial charge is 0.256 e. The van der Waals surface area contributed by atoms with E-state index in [2.05, 4.69) is 22.8 Å². The number of nitrogens with zero attached hydrogens (tertiary/aromatic N) is 2. The maximum absolute atomic E-state index is 13.7. The lowest BCUT2D eigenvalue weighted by Crippen LogP contribution is -2.36. The third-order valence-corrected chi connectivity index (χ3v) is 6.60. The lowest BCUT2D eigenvalue weighted by atomic mass is 9.99. The standard InChI is InChI=1S/C28H25ClN2O2/c1-19-26(28(32)30-15-14-20-6-3-4-7-22(20)18-30)17-27(21-10-12-23(29)13-11-21)31(19)24-8-5-9-25(16-24)33-2/h3-13,16-17H,14-15,18H2,1-2H3. The maximum Gasteiger partial charge on any atom is 0.256 e. The summed E-state index contributed by atoms with van der Waals surface area (Å²) in [6, 6.07) is 26.0. The number of amides is 1. The molecule has 0 atom stereocenters. The molecule has 0 fully saturated rings. The van der Waals surface area contributed by atoms with E-state index >= 15 is 0 Å². The summed E-state index contributed by atoms with van der Waals surface area (Å²) in [7, 11) is 1.66. The van der Waals surface area contributed by atoms with Gasteiger partial charge in [-0.05, 0) is 60.4 Å². The van der Waals surface area contributed by atoms with Crippen LogP contribution in [0.15, 0.2) is 78.9 Å². The molecule has 0 aliphatic carbocycles. The van der Waals surface area contributed by atoms with Crippen LogP contribution in [0, 0.1) is 6.92 Å². The van der Waals surface area contributed by atoms with E-state index in [1.54, 1.807) is 7.11 Å². The Kier molecular flexibility index (Phi) is 5.69. The van der Waals surface area contributed by atoms with Crippen molar-refractivity contribution in [3.63, 3.8) is 0 Å². The minimum Gasteiger partial charge on any atom is -0.497 e. The molecule has 0 saturated carbocycles. The number of ether oxygens (including phenoxy) is 1. The molecule has 0 radical (unpaired) electrons. The number of methoxy groups -OCH3 is 1. The van der Waals surface area contributed by atoms with Crippen molar-refractivity contribution in [3.8, 4) is 22.7 Å². The fourth-order valence-electron chi connectivity index (χ4n) is 4.58. The molecule has 1 amide bonds. The summed E-state index contributed by atoms with van der Waals surface area (Å²) in [6.07, 6.45) is 0.877. The SMILES string of the molecule is COc1cccc(-n2c(-c3ccc(Cl)cc3)cc(C(=O)N3CCc4ccccc4C3)c2C)c1. The van der Waals surface area contributed by atoms with E-state index in [0.717, 1.165) is 41.4 Å². The second-order valence-electron chi connectivity index (χ2n) is 8.32. The summed E-state index contributed by atoms with van der Waals surface area (Å²) in [5.74, 6) is 0.821. The van der Waals surface area contributed by atoms with Gasteiger partial charge in [-0.3, -0.25) is 4.79 Å². The number of aromatic nitrogens is 1. The molecular formula is C28H25ClN2O2. The first kappa shape index (κ1) is 21.4. The number of benzene rings is 3. The van der Waals surface area contributed by atoms with E-state index < -0.39 is 0 Å². The van der Waals surface area contributed by atoms with Gasteiger partial charge >= 0.3 is 0 Å². The summed E-state index contributed by atoms with van der Waals surface area (Å²) >= 11 is 6.14. The van der Waals surface area contributed by atoms with E-state index in [1.165, 1.54) is 11.1 Å². The van der Waals surface area contributed by atoms with Crippen LogP contribution in [-0.4, -0.2) is 29.0 Å². The van der Waals surface area contributed by atoms with Gasteiger partial charge in [-0.2, -0.15) is 0 Å². The third-order valence-electron chi connectivity index (χ3n) is 6.35. The van der Waals surface area contributed by atoms with Gasteiger partial charge in [0.2, 0.25) is 0 Å². The first-order valence-corrected chi connectivity index (χ1v) is 11.4. The molecule has 0 spiro atoms. The highest BCUT2D eigenvalue weighted by molar-refractivity contribution is 6.30. The predicted octanol–water partition coefficient (Wildman–Crippen LogP) is 6.31. The lowest BCUT2D eigenvalue weighted by molar-refractivity contribution is 0.0734. The Morgan fingerprint density at radius 1 is 0.939 bits per heavy atom. The zero-order chi connectivity index (χ0) is 22.9. The monoisotopic (exact) mass is 456 g/mol. The normalized spacial score (nSPS) is 13.0. The molecule has 5 heteroatoms. The molecule has 4 aromatic rings. The quantitative estimate of drug-likeness (QED) is 0.360. The van der Waals surface area contributed by atoms with Gasteiger partial charge in [0.15, 0.2) is 0 Å². The first-order valence-electron chi connectivity index (χ1n) is 11.0. The van der Waals surface area contributed by atoms with Crippen LogP contribution in [0.5, 0.6) is 5.75 Å². The van der Waals surface area contributed by atoms with Crippen molar-refractivity contribution in [2.24, 2.45) is 0 Å². The maximum atomic E-state index is 13.7. The number of carbonyl (C=O) groups excluding carboxylic acids is 1. The minimum absolute atomic E-state index is 0.0545. The molecule has 5 rings (SSSR count). The number of fused-ring (bicyclic) bond motifs is 1. The van der Waals surface area contributed by atoms with Crippen LogP contribution < -0.4 is 4.74 Å². The van der Waals surface area contributed by atoms with Crippen LogP contribution >= 0.6 is 11.6 Å². The number of carbonyl (C=O) groups is 1. The largest absolute Gasteiger partial charge is 0.497 e. The average molecular weight is 457 g/mol. The lowest BCUT2D eigenvalue weighted by Gasteiger charge is -2.29. The Morgan fingerprint density at radius 3 is 2.45 bits per heavy atom. The summed E-state index contributed by atoms with van der Waals surface area (Å²) in [5, 5.41) is 0.679. The van der Waals surface area contributed by atoms with Gasteiger partial charge in [0.1, 0.15) is 5.75 Å². The molecule has 2 heterocycles. The predicted molar refractivity (Wildman–Crippen MR) is 132 cm³/mol. The fourth-order valence-corrected chi connectivity index (χ4v) is 4.70. The van der Waals surface area contributed by atoms with Gasteiger partial charge in [-0.15, -0.1) is 0 Å². The molecule has 4 nitrogen and oxygen atoms in total. The van der Waals surface area contributed by atoms with E-state index in [4.69, 9.17) is 16.3 Å². The van der Waals surface area contributed by atoms with Crippen molar-refractivity contribution in [3.05, 3.63) is 106 Å². The summed E-state index contributed by atoms with van der Waals surface area (Å²) < 4.78 is 7.58. The van der Waals surface area contributed by atoms with Crippen molar-refractivity contribution >= 4 is 17.5 Å². The molecule has 33 heavy (non-hydrogen) atoms. The summed E-state index contributed by atoms with van der Waals surface area (Å²) in [5.41, 5.74) is 7.04. The van der Waals surface area contributed by atoms with Crippen molar-refractivity contribution in [2.75, 3.05) is 13.7 Å². The van der Waals surface area contributed by atoms with Crippen LogP contribution in [0.4, 0.5) is 0 Å². The molecule has 3 aromatic carbocycles. The highest BCUT2D eigenvalue weighted by atomic mass is 35.5. The second kappa shape index (κ2) is 8.80. The molecule has 0 bridgehead atoms. The molecule has 1 aliphatic heterocycles. The Labute approximate surface area is 199 Å². The zero-order valence-electron chi connectivity index (χ0n) is 18.7. The van der Waals surface area contributed by atoms with Gasteiger partial charge in [0.25, 0.3) is 5.91 Å². The van der Waals surface area contributed by atoms with E-state index in [-0.39, 0.29) is 5.91 Å². The van der Waals surface area contributed by atoms with Crippen molar-refractivity contribution in [2.45, 2.75) is 19.9 Å². The Hall–Kier alpha value is -3.50. The van der Waals surface area contributed by atoms with Gasteiger partial charge in [0.05, 0.1) is 18.4 Å². The van der Waals surface area contributed by atoms with E-state index in [0.29, 0.717) is 17.1 Å². The summed E-state index contributed by atoms with van der Waals surface area (Å²) in [6.45, 7) is 3.36. The van der Waals surface area contributed by atoms with Crippen LogP contribution in [-0.2, 0) is 13.0 Å². The average Bonchev–Trinajstić information content (AvgIpc) is 3.20. The molecule has 166 valence electrons. The fraction of sp³-hybridized carbons (Fsp3) is 0.179. The highest BCUT2D eigenvalue weighted by Crippen LogP contribution is 2.33. The van der Waals surface area contributed by atoms with Crippen molar-refractivity contribution in [1.82, 2.24) is 9.47 Å². The molecule has 0 unspecified atom stereocenters. The van der Waals surface area contributed by atoms with Crippen LogP contribution in [0.1, 0.15) is 27.2 Å². The van der Waals surface area contributed by atoms with Crippen molar-refractivity contribution in [1.29, 1.82) is 0 Å². The summed E-state index contributed by atoms with van der Waals surface area (Å²) in [4.78, 5) is 15.7. The zero-order valence-corrected chi connectivity index (χ0v) is 19.5. The Morgan fingerprint density at radius 2 is 1.70 bits per heavy atom. The molecule has 0 saturated heterocycles.